The molecular formula is C8H12N2O. The van der Waals surface area contributed by atoms with E-state index < -0.39 is 5.60 Å². The number of nitrogens with zero attached hydrogens (tertiary/aromatic N) is 1. The summed E-state index contributed by atoms with van der Waals surface area (Å²) in [6, 6.07) is 0. The monoisotopic (exact) mass is 152 g/mol. The van der Waals surface area contributed by atoms with Crippen LogP contribution < -0.4 is 0 Å². The second-order valence-corrected chi connectivity index (χ2v) is 3.46. The molecule has 3 heteroatoms. The fourth-order valence-electron chi connectivity index (χ4n) is 1.54. The van der Waals surface area contributed by atoms with Gasteiger partial charge in [0.05, 0.1) is 11.9 Å². The van der Waals surface area contributed by atoms with Crippen molar-refractivity contribution in [2.24, 2.45) is 5.92 Å². The van der Waals surface area contributed by atoms with Gasteiger partial charge >= 0.3 is 0 Å². The minimum atomic E-state index is -0.597. The van der Waals surface area contributed by atoms with Crippen molar-refractivity contribution in [2.75, 3.05) is 0 Å². The smallest absolute Gasteiger partial charge is 0.109 e. The van der Waals surface area contributed by atoms with Gasteiger partial charge in [0.2, 0.25) is 0 Å². The van der Waals surface area contributed by atoms with Gasteiger partial charge in [0, 0.05) is 0 Å². The van der Waals surface area contributed by atoms with Crippen molar-refractivity contribution in [3.05, 3.63) is 17.5 Å². The summed E-state index contributed by atoms with van der Waals surface area (Å²) in [5.41, 5.74) is 1.35. The zero-order valence-electron chi connectivity index (χ0n) is 6.76. The number of aromatic amines is 1. The molecule has 1 aromatic heterocycles. The zero-order valence-corrected chi connectivity index (χ0v) is 6.76. The van der Waals surface area contributed by atoms with Crippen LogP contribution in [0.1, 0.15) is 24.6 Å². The van der Waals surface area contributed by atoms with E-state index in [2.05, 4.69) is 10.2 Å². The van der Waals surface area contributed by atoms with Gasteiger partial charge in [-0.15, -0.1) is 0 Å². The highest BCUT2D eigenvalue weighted by Crippen LogP contribution is 2.51. The van der Waals surface area contributed by atoms with E-state index in [0.29, 0.717) is 5.92 Å². The molecule has 1 aromatic rings. The standard InChI is InChI=1S/C8H12N2O/c1-5-4-9-10-7(5)8(11)3-6(8)2/h4,6,11H,3H2,1-2H3,(H,9,10). The Bertz CT molecular complexity index is 281. The lowest BCUT2D eigenvalue weighted by molar-refractivity contribution is 0.129. The van der Waals surface area contributed by atoms with Crippen LogP contribution in [0.4, 0.5) is 0 Å². The average Bonchev–Trinajstić information content (AvgIpc) is 2.43. The summed E-state index contributed by atoms with van der Waals surface area (Å²) >= 11 is 0. The zero-order chi connectivity index (χ0) is 8.06. The molecular weight excluding hydrogens is 140 g/mol. The molecule has 11 heavy (non-hydrogen) atoms. The van der Waals surface area contributed by atoms with E-state index in [1.54, 1.807) is 6.20 Å². The second kappa shape index (κ2) is 1.85. The first-order valence-electron chi connectivity index (χ1n) is 3.87. The average molecular weight is 152 g/mol. The Hall–Kier alpha value is -0.830. The molecule has 1 heterocycles. The molecule has 1 saturated carbocycles. The first kappa shape index (κ1) is 6.85. The van der Waals surface area contributed by atoms with Crippen LogP contribution in [-0.4, -0.2) is 15.3 Å². The number of hydrogen-bond acceptors (Lipinski definition) is 2. The Morgan fingerprint density at radius 3 is 2.82 bits per heavy atom. The van der Waals surface area contributed by atoms with Crippen molar-refractivity contribution in [1.29, 1.82) is 0 Å². The summed E-state index contributed by atoms with van der Waals surface area (Å²) in [5.74, 6) is 0.377. The maximum Gasteiger partial charge on any atom is 0.109 e. The Kier molecular flexibility index (Phi) is 1.16. The molecule has 0 bridgehead atoms. The molecule has 2 unspecified atom stereocenters. The van der Waals surface area contributed by atoms with E-state index in [1.165, 1.54) is 0 Å². The van der Waals surface area contributed by atoms with Crippen LogP contribution in [-0.2, 0) is 5.60 Å². The van der Waals surface area contributed by atoms with Gasteiger partial charge in [0.25, 0.3) is 0 Å². The van der Waals surface area contributed by atoms with Crippen LogP contribution in [0, 0.1) is 12.8 Å². The van der Waals surface area contributed by atoms with Gasteiger partial charge in [-0.2, -0.15) is 5.10 Å². The fourth-order valence-corrected chi connectivity index (χ4v) is 1.54. The number of H-pyrrole nitrogens is 1. The van der Waals surface area contributed by atoms with Crippen molar-refractivity contribution in [3.63, 3.8) is 0 Å². The summed E-state index contributed by atoms with van der Waals surface area (Å²) in [6.45, 7) is 4.00. The third-order valence-corrected chi connectivity index (χ3v) is 2.53. The molecule has 2 N–H and O–H groups in total. The summed E-state index contributed by atoms with van der Waals surface area (Å²) in [5, 5.41) is 16.6. The van der Waals surface area contributed by atoms with Gasteiger partial charge in [-0.3, -0.25) is 5.10 Å². The summed E-state index contributed by atoms with van der Waals surface area (Å²) in [6.07, 6.45) is 2.61. The summed E-state index contributed by atoms with van der Waals surface area (Å²) in [4.78, 5) is 0. The third-order valence-electron chi connectivity index (χ3n) is 2.53. The van der Waals surface area contributed by atoms with Crippen LogP contribution in [0.2, 0.25) is 0 Å². The Morgan fingerprint density at radius 1 is 1.82 bits per heavy atom. The number of rotatable bonds is 1. The topological polar surface area (TPSA) is 48.9 Å². The maximum absolute atomic E-state index is 9.87. The molecule has 1 aliphatic carbocycles. The van der Waals surface area contributed by atoms with Crippen LogP contribution in [0.25, 0.3) is 0 Å². The molecule has 0 radical (unpaired) electrons. The predicted molar refractivity (Wildman–Crippen MR) is 41.0 cm³/mol. The van der Waals surface area contributed by atoms with E-state index in [0.717, 1.165) is 17.7 Å². The van der Waals surface area contributed by atoms with Crippen molar-refractivity contribution >= 4 is 0 Å². The first-order valence-corrected chi connectivity index (χ1v) is 3.87. The van der Waals surface area contributed by atoms with Gasteiger partial charge < -0.3 is 5.11 Å². The highest BCUT2D eigenvalue weighted by atomic mass is 16.3. The van der Waals surface area contributed by atoms with Crippen molar-refractivity contribution < 1.29 is 5.11 Å². The normalized spacial score (nSPS) is 35.7. The number of aromatic nitrogens is 2. The van der Waals surface area contributed by atoms with Crippen molar-refractivity contribution in [3.8, 4) is 0 Å². The van der Waals surface area contributed by atoms with Gasteiger partial charge in [-0.25, -0.2) is 0 Å². The van der Waals surface area contributed by atoms with E-state index in [9.17, 15) is 5.11 Å². The lowest BCUT2D eigenvalue weighted by Crippen LogP contribution is -2.09. The van der Waals surface area contributed by atoms with E-state index in [4.69, 9.17) is 0 Å². The minimum Gasteiger partial charge on any atom is -0.383 e. The molecule has 1 aliphatic rings. The van der Waals surface area contributed by atoms with Gasteiger partial charge in [0.15, 0.2) is 0 Å². The highest BCUT2D eigenvalue weighted by molar-refractivity contribution is 5.27. The van der Waals surface area contributed by atoms with Crippen LogP contribution in [0.5, 0.6) is 0 Å². The minimum absolute atomic E-state index is 0.377. The SMILES string of the molecule is Cc1cn[nH]c1C1(O)CC1C. The quantitative estimate of drug-likeness (QED) is 0.629. The lowest BCUT2D eigenvalue weighted by Gasteiger charge is -2.06. The summed E-state index contributed by atoms with van der Waals surface area (Å²) < 4.78 is 0. The molecule has 60 valence electrons. The fraction of sp³-hybridized carbons (Fsp3) is 0.625. The molecule has 2 rings (SSSR count). The maximum atomic E-state index is 9.87. The first-order chi connectivity index (χ1) is 5.14. The Balaban J connectivity index is 2.37. The van der Waals surface area contributed by atoms with E-state index in [1.807, 2.05) is 13.8 Å². The predicted octanol–water partition coefficient (Wildman–Crippen LogP) is 0.946. The molecule has 0 amide bonds. The molecule has 2 atom stereocenters. The van der Waals surface area contributed by atoms with Crippen molar-refractivity contribution in [1.82, 2.24) is 10.2 Å². The van der Waals surface area contributed by atoms with E-state index in [-0.39, 0.29) is 0 Å². The molecule has 0 aromatic carbocycles. The molecule has 3 nitrogen and oxygen atoms in total. The van der Waals surface area contributed by atoms with Gasteiger partial charge in [-0.05, 0) is 24.8 Å². The molecule has 0 saturated heterocycles. The largest absolute Gasteiger partial charge is 0.383 e. The van der Waals surface area contributed by atoms with Crippen LogP contribution >= 0.6 is 0 Å². The third kappa shape index (κ3) is 0.807. The van der Waals surface area contributed by atoms with Crippen molar-refractivity contribution in [2.45, 2.75) is 25.9 Å². The number of hydrogen-bond donors (Lipinski definition) is 2. The summed E-state index contributed by atoms with van der Waals surface area (Å²) in [7, 11) is 0. The molecule has 1 fully saturated rings. The Labute approximate surface area is 65.4 Å². The number of aryl methyl sites for hydroxylation is 1. The Morgan fingerprint density at radius 2 is 2.45 bits per heavy atom. The number of nitrogens with one attached hydrogen (secondary N) is 1. The van der Waals surface area contributed by atoms with E-state index >= 15 is 0 Å². The van der Waals surface area contributed by atoms with Crippen LogP contribution in [0.15, 0.2) is 6.20 Å². The van der Waals surface area contributed by atoms with Gasteiger partial charge in [-0.1, -0.05) is 6.92 Å². The molecule has 0 spiro atoms. The number of aliphatic hydroxyl groups is 1. The van der Waals surface area contributed by atoms with Crippen LogP contribution in [0.3, 0.4) is 0 Å². The highest BCUT2D eigenvalue weighted by Gasteiger charge is 2.52. The lowest BCUT2D eigenvalue weighted by atomic mass is 10.1. The van der Waals surface area contributed by atoms with Gasteiger partial charge in [0.1, 0.15) is 5.60 Å². The molecule has 0 aliphatic heterocycles. The second-order valence-electron chi connectivity index (χ2n) is 3.46.